The molecule has 3 nitrogen and oxygen atoms in total. The van der Waals surface area contributed by atoms with Gasteiger partial charge in [0, 0.05) is 18.3 Å². The number of aryl methyl sites for hydroxylation is 1. The molecule has 0 spiro atoms. The van der Waals surface area contributed by atoms with Crippen LogP contribution < -0.4 is 5.32 Å². The molecule has 1 N–H and O–H groups in total. The lowest BCUT2D eigenvalue weighted by molar-refractivity contribution is 0.355. The number of anilines is 1. The van der Waals surface area contributed by atoms with Gasteiger partial charge in [0.2, 0.25) is 5.95 Å². The fourth-order valence-electron chi connectivity index (χ4n) is 2.49. The van der Waals surface area contributed by atoms with Crippen molar-refractivity contribution in [2.24, 2.45) is 5.41 Å². The summed E-state index contributed by atoms with van der Waals surface area (Å²) in [7, 11) is 0. The van der Waals surface area contributed by atoms with E-state index in [1.165, 1.54) is 25.7 Å². The van der Waals surface area contributed by atoms with E-state index in [1.54, 1.807) is 0 Å². The summed E-state index contributed by atoms with van der Waals surface area (Å²) >= 11 is 0. The van der Waals surface area contributed by atoms with Crippen LogP contribution in [-0.2, 0) is 0 Å². The summed E-state index contributed by atoms with van der Waals surface area (Å²) in [6, 6.07) is 1.07. The van der Waals surface area contributed by atoms with E-state index < -0.39 is 0 Å². The van der Waals surface area contributed by atoms with Crippen molar-refractivity contribution in [3.63, 3.8) is 0 Å². The SMILES string of the molecule is Cc1cn(C2CCCC2)c(NC(C)C(C)(C)C)n1. The Kier molecular flexibility index (Phi) is 3.69. The van der Waals surface area contributed by atoms with Crippen LogP contribution >= 0.6 is 0 Å². The maximum Gasteiger partial charge on any atom is 0.203 e. The van der Waals surface area contributed by atoms with E-state index in [0.717, 1.165) is 11.6 Å². The molecule has 1 saturated carbocycles. The minimum Gasteiger partial charge on any atom is -0.353 e. The van der Waals surface area contributed by atoms with Crippen molar-refractivity contribution in [1.29, 1.82) is 0 Å². The highest BCUT2D eigenvalue weighted by Gasteiger charge is 2.24. The predicted octanol–water partition coefficient (Wildman–Crippen LogP) is 4.15. The quantitative estimate of drug-likeness (QED) is 0.872. The van der Waals surface area contributed by atoms with Gasteiger partial charge in [-0.1, -0.05) is 33.6 Å². The largest absolute Gasteiger partial charge is 0.353 e. The van der Waals surface area contributed by atoms with Crippen molar-refractivity contribution in [3.05, 3.63) is 11.9 Å². The van der Waals surface area contributed by atoms with Gasteiger partial charge < -0.3 is 9.88 Å². The summed E-state index contributed by atoms with van der Waals surface area (Å²) in [4.78, 5) is 4.66. The average molecular weight is 249 g/mol. The maximum absolute atomic E-state index is 4.66. The third-order valence-corrected chi connectivity index (χ3v) is 4.22. The molecule has 18 heavy (non-hydrogen) atoms. The summed E-state index contributed by atoms with van der Waals surface area (Å²) in [5, 5.41) is 3.60. The number of hydrogen-bond donors (Lipinski definition) is 1. The Morgan fingerprint density at radius 2 is 1.94 bits per heavy atom. The Labute approximate surface area is 111 Å². The molecule has 1 aliphatic rings. The van der Waals surface area contributed by atoms with Crippen LogP contribution in [0.25, 0.3) is 0 Å². The Balaban J connectivity index is 2.17. The molecule has 0 radical (unpaired) electrons. The van der Waals surface area contributed by atoms with Crippen LogP contribution in [0.4, 0.5) is 5.95 Å². The van der Waals surface area contributed by atoms with Crippen LogP contribution in [0.15, 0.2) is 6.20 Å². The first-order valence-electron chi connectivity index (χ1n) is 7.20. The first-order chi connectivity index (χ1) is 8.38. The maximum atomic E-state index is 4.66. The molecule has 0 saturated heterocycles. The van der Waals surface area contributed by atoms with E-state index in [1.807, 2.05) is 0 Å². The lowest BCUT2D eigenvalue weighted by Gasteiger charge is -2.29. The summed E-state index contributed by atoms with van der Waals surface area (Å²) < 4.78 is 2.37. The second-order valence-electron chi connectivity index (χ2n) is 6.78. The second-order valence-corrected chi connectivity index (χ2v) is 6.78. The van der Waals surface area contributed by atoms with Gasteiger partial charge in [-0.2, -0.15) is 0 Å². The van der Waals surface area contributed by atoms with E-state index >= 15 is 0 Å². The highest BCUT2D eigenvalue weighted by Crippen LogP contribution is 2.33. The molecule has 1 aromatic rings. The summed E-state index contributed by atoms with van der Waals surface area (Å²) in [6.45, 7) is 11.1. The zero-order valence-corrected chi connectivity index (χ0v) is 12.5. The average Bonchev–Trinajstić information content (AvgIpc) is 2.85. The number of nitrogens with one attached hydrogen (secondary N) is 1. The smallest absolute Gasteiger partial charge is 0.203 e. The minimum absolute atomic E-state index is 0.250. The topological polar surface area (TPSA) is 29.9 Å². The van der Waals surface area contributed by atoms with Crippen LogP contribution in [-0.4, -0.2) is 15.6 Å². The van der Waals surface area contributed by atoms with Gasteiger partial charge in [0.15, 0.2) is 0 Å². The predicted molar refractivity (Wildman–Crippen MR) is 77.0 cm³/mol. The van der Waals surface area contributed by atoms with Gasteiger partial charge in [-0.05, 0) is 32.1 Å². The third-order valence-electron chi connectivity index (χ3n) is 4.22. The van der Waals surface area contributed by atoms with Gasteiger partial charge in [0.1, 0.15) is 0 Å². The second kappa shape index (κ2) is 4.94. The Morgan fingerprint density at radius 1 is 1.33 bits per heavy atom. The zero-order valence-electron chi connectivity index (χ0n) is 12.5. The van der Waals surface area contributed by atoms with Crippen LogP contribution in [0.5, 0.6) is 0 Å². The summed E-state index contributed by atoms with van der Waals surface area (Å²) in [5.74, 6) is 1.06. The highest BCUT2D eigenvalue weighted by atomic mass is 15.2. The lowest BCUT2D eigenvalue weighted by Crippen LogP contribution is -2.32. The van der Waals surface area contributed by atoms with Crippen molar-refractivity contribution in [1.82, 2.24) is 9.55 Å². The number of nitrogens with zero attached hydrogens (tertiary/aromatic N) is 2. The first-order valence-corrected chi connectivity index (χ1v) is 7.20. The molecule has 1 atom stereocenters. The molecule has 0 amide bonds. The fraction of sp³-hybridized carbons (Fsp3) is 0.800. The normalized spacial score (nSPS) is 19.2. The standard InChI is InChI=1S/C15H27N3/c1-11-10-18(13-8-6-7-9-13)14(16-11)17-12(2)15(3,4)5/h10,12-13H,6-9H2,1-5H3,(H,16,17). The van der Waals surface area contributed by atoms with Crippen molar-refractivity contribution in [3.8, 4) is 0 Å². The van der Waals surface area contributed by atoms with Gasteiger partial charge in [0.25, 0.3) is 0 Å². The fourth-order valence-corrected chi connectivity index (χ4v) is 2.49. The third kappa shape index (κ3) is 2.88. The Hall–Kier alpha value is -0.990. The molecule has 1 unspecified atom stereocenters. The molecular formula is C15H27N3. The van der Waals surface area contributed by atoms with Gasteiger partial charge >= 0.3 is 0 Å². The monoisotopic (exact) mass is 249 g/mol. The Bertz CT molecular complexity index is 394. The molecule has 0 aromatic carbocycles. The van der Waals surface area contributed by atoms with Gasteiger partial charge in [-0.3, -0.25) is 0 Å². The minimum atomic E-state index is 0.250. The molecule has 2 rings (SSSR count). The van der Waals surface area contributed by atoms with Crippen LogP contribution in [0.2, 0.25) is 0 Å². The summed E-state index contributed by atoms with van der Waals surface area (Å²) in [6.07, 6.45) is 7.52. The van der Waals surface area contributed by atoms with Crippen molar-refractivity contribution in [2.45, 2.75) is 72.4 Å². The van der Waals surface area contributed by atoms with Gasteiger partial charge in [-0.25, -0.2) is 4.98 Å². The summed E-state index contributed by atoms with van der Waals surface area (Å²) in [5.41, 5.74) is 1.37. The van der Waals surface area contributed by atoms with E-state index in [4.69, 9.17) is 0 Å². The molecule has 0 bridgehead atoms. The molecule has 102 valence electrons. The van der Waals surface area contributed by atoms with Crippen LogP contribution in [0, 0.1) is 12.3 Å². The number of rotatable bonds is 3. The number of imidazole rings is 1. The van der Waals surface area contributed by atoms with E-state index in [-0.39, 0.29) is 5.41 Å². The van der Waals surface area contributed by atoms with Crippen LogP contribution in [0.1, 0.15) is 65.1 Å². The molecule has 3 heteroatoms. The Morgan fingerprint density at radius 3 is 2.50 bits per heavy atom. The highest BCUT2D eigenvalue weighted by molar-refractivity contribution is 5.31. The van der Waals surface area contributed by atoms with Crippen molar-refractivity contribution >= 4 is 5.95 Å². The van der Waals surface area contributed by atoms with E-state index in [0.29, 0.717) is 12.1 Å². The van der Waals surface area contributed by atoms with Gasteiger partial charge in [-0.15, -0.1) is 0 Å². The van der Waals surface area contributed by atoms with Crippen molar-refractivity contribution in [2.75, 3.05) is 5.32 Å². The molecular weight excluding hydrogens is 222 g/mol. The number of aromatic nitrogens is 2. The number of hydrogen-bond acceptors (Lipinski definition) is 2. The van der Waals surface area contributed by atoms with Crippen molar-refractivity contribution < 1.29 is 0 Å². The molecule has 1 aliphatic carbocycles. The first kappa shape index (κ1) is 13.4. The van der Waals surface area contributed by atoms with Gasteiger partial charge in [0.05, 0.1) is 5.69 Å². The van der Waals surface area contributed by atoms with E-state index in [9.17, 15) is 0 Å². The van der Waals surface area contributed by atoms with E-state index in [2.05, 4.69) is 55.7 Å². The molecule has 1 aromatic heterocycles. The molecule has 0 aliphatic heterocycles. The van der Waals surface area contributed by atoms with Crippen LogP contribution in [0.3, 0.4) is 0 Å². The zero-order chi connectivity index (χ0) is 13.3. The molecule has 1 heterocycles. The lowest BCUT2D eigenvalue weighted by atomic mass is 9.88. The molecule has 1 fully saturated rings.